The first-order valence-electron chi connectivity index (χ1n) is 9.92. The third-order valence-corrected chi connectivity index (χ3v) is 7.56. The molecule has 2 aromatic carbocycles. The van der Waals surface area contributed by atoms with E-state index >= 15 is 0 Å². The average Bonchev–Trinajstić information content (AvgIpc) is 3.27. The number of para-hydroxylation sites is 2. The van der Waals surface area contributed by atoms with E-state index < -0.39 is 0 Å². The first kappa shape index (κ1) is 23.3. The zero-order valence-electron chi connectivity index (χ0n) is 17.4. The van der Waals surface area contributed by atoms with Gasteiger partial charge in [-0.25, -0.2) is 0 Å². The molecular formula is C22H24N4O2S3. The largest absolute Gasteiger partial charge is 0.312 e. The van der Waals surface area contributed by atoms with Crippen molar-refractivity contribution in [3.8, 4) is 0 Å². The zero-order valence-corrected chi connectivity index (χ0v) is 19.9. The summed E-state index contributed by atoms with van der Waals surface area (Å²) in [6, 6.07) is 19.3. The van der Waals surface area contributed by atoms with Gasteiger partial charge in [-0.2, -0.15) is 0 Å². The monoisotopic (exact) mass is 472 g/mol. The highest BCUT2D eigenvalue weighted by atomic mass is 32.2. The molecule has 0 radical (unpaired) electrons. The highest BCUT2D eigenvalue weighted by Crippen LogP contribution is 2.30. The van der Waals surface area contributed by atoms with Crippen molar-refractivity contribution in [3.05, 3.63) is 60.7 Å². The van der Waals surface area contributed by atoms with E-state index in [2.05, 4.69) is 10.2 Å². The summed E-state index contributed by atoms with van der Waals surface area (Å²) in [4.78, 5) is 28.7. The smallest absolute Gasteiger partial charge is 0.237 e. The Kier molecular flexibility index (Phi) is 8.93. The molecule has 0 bridgehead atoms. The maximum absolute atomic E-state index is 12.6. The minimum Gasteiger partial charge on any atom is -0.312 e. The minimum atomic E-state index is 0.0275. The first-order valence-corrected chi connectivity index (χ1v) is 12.7. The van der Waals surface area contributed by atoms with Gasteiger partial charge in [0.05, 0.1) is 11.5 Å². The van der Waals surface area contributed by atoms with E-state index in [9.17, 15) is 9.59 Å². The Labute approximate surface area is 195 Å². The Morgan fingerprint density at radius 2 is 1.13 bits per heavy atom. The molecule has 1 aromatic heterocycles. The lowest BCUT2D eigenvalue weighted by Gasteiger charge is -2.20. The van der Waals surface area contributed by atoms with Crippen molar-refractivity contribution in [3.63, 3.8) is 0 Å². The second kappa shape index (κ2) is 11.9. The lowest BCUT2D eigenvalue weighted by Crippen LogP contribution is -2.32. The molecule has 6 nitrogen and oxygen atoms in total. The molecule has 0 saturated heterocycles. The molecule has 0 fully saturated rings. The Morgan fingerprint density at radius 1 is 0.742 bits per heavy atom. The fourth-order valence-electron chi connectivity index (χ4n) is 2.94. The van der Waals surface area contributed by atoms with E-state index in [0.29, 0.717) is 24.6 Å². The lowest BCUT2D eigenvalue weighted by atomic mass is 10.3. The predicted octanol–water partition coefficient (Wildman–Crippen LogP) is 4.83. The zero-order chi connectivity index (χ0) is 22.1. The number of nitrogens with zero attached hydrogens (tertiary/aromatic N) is 4. The first-order chi connectivity index (χ1) is 15.1. The van der Waals surface area contributed by atoms with Gasteiger partial charge in [0.1, 0.15) is 0 Å². The summed E-state index contributed by atoms with van der Waals surface area (Å²) in [6.45, 7) is 5.14. The molecule has 0 spiro atoms. The maximum Gasteiger partial charge on any atom is 0.237 e. The fourth-order valence-corrected chi connectivity index (χ4v) is 5.71. The van der Waals surface area contributed by atoms with Crippen LogP contribution in [0.5, 0.6) is 0 Å². The second-order valence-electron chi connectivity index (χ2n) is 6.36. The predicted molar refractivity (Wildman–Crippen MR) is 130 cm³/mol. The number of thioether (sulfide) groups is 2. The number of carbonyl (C=O) groups excluding carboxylic acids is 2. The van der Waals surface area contributed by atoms with E-state index in [1.54, 1.807) is 9.80 Å². The second-order valence-corrected chi connectivity index (χ2v) is 9.78. The van der Waals surface area contributed by atoms with Crippen LogP contribution in [0, 0.1) is 0 Å². The van der Waals surface area contributed by atoms with Crippen LogP contribution in [0.3, 0.4) is 0 Å². The highest BCUT2D eigenvalue weighted by molar-refractivity contribution is 8.03. The van der Waals surface area contributed by atoms with Gasteiger partial charge in [-0.1, -0.05) is 71.3 Å². The molecule has 0 N–H and O–H groups in total. The number of hydrogen-bond acceptors (Lipinski definition) is 7. The molecule has 0 aliphatic heterocycles. The summed E-state index contributed by atoms with van der Waals surface area (Å²) in [5, 5.41) is 8.32. The standard InChI is InChI=1S/C22H24N4O2S3/c1-3-25(17-11-7-5-8-12-17)19(27)15-29-21-23-24-22(31-21)30-16-20(28)26(4-2)18-13-9-6-10-14-18/h5-14H,3-4,15-16H2,1-2H3. The number of hydrogen-bond donors (Lipinski definition) is 0. The van der Waals surface area contributed by atoms with Crippen LogP contribution >= 0.6 is 34.9 Å². The summed E-state index contributed by atoms with van der Waals surface area (Å²) < 4.78 is 1.45. The molecule has 0 aliphatic rings. The van der Waals surface area contributed by atoms with Gasteiger partial charge in [0.25, 0.3) is 0 Å². The van der Waals surface area contributed by atoms with Gasteiger partial charge in [-0.3, -0.25) is 9.59 Å². The quantitative estimate of drug-likeness (QED) is 0.394. The summed E-state index contributed by atoms with van der Waals surface area (Å²) in [7, 11) is 0. The SMILES string of the molecule is CCN(C(=O)CSc1nnc(SCC(=O)N(CC)c2ccccc2)s1)c1ccccc1. The third kappa shape index (κ3) is 6.56. The molecule has 0 unspecified atom stereocenters. The molecule has 1 heterocycles. The average molecular weight is 473 g/mol. The number of amides is 2. The Bertz CT molecular complexity index is 905. The van der Waals surface area contributed by atoms with E-state index in [-0.39, 0.29) is 11.8 Å². The van der Waals surface area contributed by atoms with Gasteiger partial charge in [0.15, 0.2) is 8.68 Å². The molecule has 31 heavy (non-hydrogen) atoms. The Balaban J connectivity index is 1.51. The summed E-state index contributed by atoms with van der Waals surface area (Å²) in [5.41, 5.74) is 1.78. The van der Waals surface area contributed by atoms with Gasteiger partial charge in [-0.15, -0.1) is 10.2 Å². The maximum atomic E-state index is 12.6. The van der Waals surface area contributed by atoms with Gasteiger partial charge in [0, 0.05) is 24.5 Å². The van der Waals surface area contributed by atoms with Crippen molar-refractivity contribution >= 4 is 58.0 Å². The molecule has 0 atom stereocenters. The van der Waals surface area contributed by atoms with Crippen LogP contribution in [-0.4, -0.2) is 46.6 Å². The number of rotatable bonds is 10. The van der Waals surface area contributed by atoms with Crippen molar-refractivity contribution in [2.75, 3.05) is 34.4 Å². The van der Waals surface area contributed by atoms with Crippen LogP contribution in [0.2, 0.25) is 0 Å². The van der Waals surface area contributed by atoms with Crippen molar-refractivity contribution in [1.29, 1.82) is 0 Å². The molecule has 162 valence electrons. The fraction of sp³-hybridized carbons (Fsp3) is 0.273. The molecule has 0 aliphatic carbocycles. The summed E-state index contributed by atoms with van der Waals surface area (Å²) in [5.74, 6) is 0.636. The molecule has 3 aromatic rings. The third-order valence-electron chi connectivity index (χ3n) is 4.40. The molecule has 9 heteroatoms. The normalized spacial score (nSPS) is 10.6. The molecular weight excluding hydrogens is 448 g/mol. The summed E-state index contributed by atoms with van der Waals surface area (Å²) >= 11 is 4.16. The number of carbonyl (C=O) groups is 2. The van der Waals surface area contributed by atoms with Crippen molar-refractivity contribution in [1.82, 2.24) is 10.2 Å². The van der Waals surface area contributed by atoms with Crippen LogP contribution in [0.15, 0.2) is 69.3 Å². The van der Waals surface area contributed by atoms with Crippen molar-refractivity contribution in [2.45, 2.75) is 22.5 Å². The number of anilines is 2. The van der Waals surface area contributed by atoms with Crippen LogP contribution in [0.4, 0.5) is 11.4 Å². The highest BCUT2D eigenvalue weighted by Gasteiger charge is 2.17. The Hall–Kier alpha value is -2.36. The van der Waals surface area contributed by atoms with Crippen molar-refractivity contribution < 1.29 is 9.59 Å². The van der Waals surface area contributed by atoms with Gasteiger partial charge in [0.2, 0.25) is 11.8 Å². The molecule has 2 amide bonds. The van der Waals surface area contributed by atoms with E-state index in [4.69, 9.17) is 0 Å². The lowest BCUT2D eigenvalue weighted by molar-refractivity contribution is -0.116. The minimum absolute atomic E-state index is 0.0275. The topological polar surface area (TPSA) is 66.4 Å². The van der Waals surface area contributed by atoms with Gasteiger partial charge < -0.3 is 9.80 Å². The summed E-state index contributed by atoms with van der Waals surface area (Å²) in [6.07, 6.45) is 0. The van der Waals surface area contributed by atoms with E-state index in [0.717, 1.165) is 20.1 Å². The van der Waals surface area contributed by atoms with Crippen LogP contribution in [-0.2, 0) is 9.59 Å². The van der Waals surface area contributed by atoms with E-state index in [1.807, 2.05) is 74.5 Å². The van der Waals surface area contributed by atoms with Gasteiger partial charge >= 0.3 is 0 Å². The van der Waals surface area contributed by atoms with Crippen LogP contribution in [0.25, 0.3) is 0 Å². The number of benzene rings is 2. The van der Waals surface area contributed by atoms with Gasteiger partial charge in [-0.05, 0) is 38.1 Å². The molecule has 3 rings (SSSR count). The van der Waals surface area contributed by atoms with E-state index in [1.165, 1.54) is 34.9 Å². The van der Waals surface area contributed by atoms with Crippen LogP contribution < -0.4 is 9.80 Å². The Morgan fingerprint density at radius 3 is 1.48 bits per heavy atom. The van der Waals surface area contributed by atoms with Crippen molar-refractivity contribution in [2.24, 2.45) is 0 Å². The number of aromatic nitrogens is 2. The van der Waals surface area contributed by atoms with Crippen LogP contribution in [0.1, 0.15) is 13.8 Å². The molecule has 0 saturated carbocycles.